The molecule has 0 atom stereocenters. The Kier molecular flexibility index (Phi) is 4.24. The number of amides is 1. The molecule has 0 radical (unpaired) electrons. The van der Waals surface area contributed by atoms with Gasteiger partial charge in [0, 0.05) is 18.5 Å². The fourth-order valence-electron chi connectivity index (χ4n) is 2.44. The van der Waals surface area contributed by atoms with Crippen LogP contribution < -0.4 is 15.6 Å². The van der Waals surface area contributed by atoms with E-state index in [0.717, 1.165) is 0 Å². The van der Waals surface area contributed by atoms with Crippen LogP contribution in [0.15, 0.2) is 47.4 Å². The van der Waals surface area contributed by atoms with E-state index in [9.17, 15) is 9.59 Å². The summed E-state index contributed by atoms with van der Waals surface area (Å²) in [5.74, 6) is 0.233. The standard InChI is InChI=1S/C17H16N4O3/c1-21-17(23)13-6-4-3-5-12(13)14(20-21)9-15(22)19-11-7-8-16(24-2)18-10-11/h3-8,10H,9H2,1-2H3,(H,19,22). The molecular formula is C17H16N4O3. The number of fused-ring (bicyclic) bond motifs is 1. The van der Waals surface area contributed by atoms with E-state index in [1.165, 1.54) is 18.0 Å². The van der Waals surface area contributed by atoms with Crippen LogP contribution in [-0.2, 0) is 18.3 Å². The van der Waals surface area contributed by atoms with Gasteiger partial charge in [-0.15, -0.1) is 0 Å². The summed E-state index contributed by atoms with van der Waals surface area (Å²) in [7, 11) is 3.10. The zero-order valence-electron chi connectivity index (χ0n) is 13.3. The molecule has 0 unspecified atom stereocenters. The lowest BCUT2D eigenvalue weighted by atomic mass is 10.1. The molecule has 7 nitrogen and oxygen atoms in total. The van der Waals surface area contributed by atoms with Gasteiger partial charge in [0.25, 0.3) is 5.56 Å². The Balaban J connectivity index is 1.85. The number of aryl methyl sites for hydroxylation is 1. The van der Waals surface area contributed by atoms with Gasteiger partial charge < -0.3 is 10.1 Å². The second-order valence-electron chi connectivity index (χ2n) is 5.24. The number of anilines is 1. The molecule has 2 heterocycles. The summed E-state index contributed by atoms with van der Waals surface area (Å²) < 4.78 is 6.23. The molecule has 1 N–H and O–H groups in total. The molecule has 24 heavy (non-hydrogen) atoms. The number of pyridine rings is 1. The highest BCUT2D eigenvalue weighted by atomic mass is 16.5. The number of carbonyl (C=O) groups is 1. The molecular weight excluding hydrogens is 308 g/mol. The minimum Gasteiger partial charge on any atom is -0.481 e. The van der Waals surface area contributed by atoms with Crippen LogP contribution >= 0.6 is 0 Å². The number of ether oxygens (including phenoxy) is 1. The Morgan fingerprint density at radius 3 is 2.62 bits per heavy atom. The van der Waals surface area contributed by atoms with Crippen molar-refractivity contribution in [3.63, 3.8) is 0 Å². The van der Waals surface area contributed by atoms with E-state index in [1.54, 1.807) is 37.4 Å². The van der Waals surface area contributed by atoms with Gasteiger partial charge in [-0.1, -0.05) is 18.2 Å². The third kappa shape index (κ3) is 3.10. The maximum Gasteiger partial charge on any atom is 0.274 e. The summed E-state index contributed by atoms with van der Waals surface area (Å²) in [5, 5.41) is 8.20. The maximum atomic E-state index is 12.3. The van der Waals surface area contributed by atoms with E-state index in [1.807, 2.05) is 6.07 Å². The quantitative estimate of drug-likeness (QED) is 0.786. The molecule has 0 aliphatic carbocycles. The number of hydrogen-bond donors (Lipinski definition) is 1. The van der Waals surface area contributed by atoms with Crippen molar-refractivity contribution in [3.8, 4) is 5.88 Å². The van der Waals surface area contributed by atoms with E-state index in [0.29, 0.717) is 28.0 Å². The van der Waals surface area contributed by atoms with E-state index in [2.05, 4.69) is 15.4 Å². The minimum atomic E-state index is -0.238. The highest BCUT2D eigenvalue weighted by molar-refractivity contribution is 5.95. The van der Waals surface area contributed by atoms with Crippen molar-refractivity contribution in [2.24, 2.45) is 7.05 Å². The molecule has 0 saturated heterocycles. The third-order valence-corrected chi connectivity index (χ3v) is 3.59. The summed E-state index contributed by atoms with van der Waals surface area (Å²) in [6.45, 7) is 0. The number of nitrogens with one attached hydrogen (secondary N) is 1. The number of hydrogen-bond acceptors (Lipinski definition) is 5. The van der Waals surface area contributed by atoms with E-state index >= 15 is 0 Å². The smallest absolute Gasteiger partial charge is 0.274 e. The molecule has 3 aromatic rings. The molecule has 2 aromatic heterocycles. The van der Waals surface area contributed by atoms with Gasteiger partial charge in [-0.05, 0) is 12.1 Å². The van der Waals surface area contributed by atoms with E-state index < -0.39 is 0 Å². The van der Waals surface area contributed by atoms with Crippen LogP contribution in [0.1, 0.15) is 5.69 Å². The number of methoxy groups -OCH3 is 1. The Morgan fingerprint density at radius 2 is 1.96 bits per heavy atom. The van der Waals surface area contributed by atoms with E-state index in [-0.39, 0.29) is 17.9 Å². The van der Waals surface area contributed by atoms with Crippen molar-refractivity contribution in [3.05, 3.63) is 58.6 Å². The number of benzene rings is 1. The van der Waals surface area contributed by atoms with Crippen molar-refractivity contribution in [1.82, 2.24) is 14.8 Å². The maximum absolute atomic E-state index is 12.3. The zero-order valence-corrected chi connectivity index (χ0v) is 13.3. The van der Waals surface area contributed by atoms with Crippen molar-refractivity contribution in [1.29, 1.82) is 0 Å². The first-order chi connectivity index (χ1) is 11.6. The second kappa shape index (κ2) is 6.49. The molecule has 0 spiro atoms. The van der Waals surface area contributed by atoms with Gasteiger partial charge in [-0.3, -0.25) is 9.59 Å². The summed E-state index contributed by atoms with van der Waals surface area (Å²) in [4.78, 5) is 28.4. The Labute approximate surface area is 137 Å². The molecule has 0 fully saturated rings. The third-order valence-electron chi connectivity index (χ3n) is 3.59. The average molecular weight is 324 g/mol. The number of rotatable bonds is 4. The van der Waals surface area contributed by atoms with E-state index in [4.69, 9.17) is 4.74 Å². The highest BCUT2D eigenvalue weighted by Gasteiger charge is 2.12. The van der Waals surface area contributed by atoms with Crippen molar-refractivity contribution < 1.29 is 9.53 Å². The van der Waals surface area contributed by atoms with Crippen LogP contribution in [0.2, 0.25) is 0 Å². The molecule has 1 aromatic carbocycles. The van der Waals surface area contributed by atoms with Crippen LogP contribution in [0.5, 0.6) is 5.88 Å². The fraction of sp³-hybridized carbons (Fsp3) is 0.176. The first kappa shape index (κ1) is 15.7. The molecule has 7 heteroatoms. The van der Waals surface area contributed by atoms with Gasteiger partial charge in [0.2, 0.25) is 11.8 Å². The van der Waals surface area contributed by atoms with Crippen LogP contribution in [0.4, 0.5) is 5.69 Å². The number of carbonyl (C=O) groups excluding carboxylic acids is 1. The van der Waals surface area contributed by atoms with Gasteiger partial charge in [0.05, 0.1) is 36.5 Å². The summed E-state index contributed by atoms with van der Waals surface area (Å²) in [6, 6.07) is 10.5. The second-order valence-corrected chi connectivity index (χ2v) is 5.24. The largest absolute Gasteiger partial charge is 0.481 e. The van der Waals surface area contributed by atoms with Gasteiger partial charge in [0.1, 0.15) is 0 Å². The van der Waals surface area contributed by atoms with Crippen molar-refractivity contribution in [2.45, 2.75) is 6.42 Å². The lowest BCUT2D eigenvalue weighted by molar-refractivity contribution is -0.115. The van der Waals surface area contributed by atoms with Gasteiger partial charge in [-0.25, -0.2) is 9.67 Å². The molecule has 1 amide bonds. The highest BCUT2D eigenvalue weighted by Crippen LogP contribution is 2.15. The minimum absolute atomic E-state index is 0.0562. The monoisotopic (exact) mass is 324 g/mol. The lowest BCUT2D eigenvalue weighted by Gasteiger charge is -2.09. The molecule has 3 rings (SSSR count). The predicted octanol–water partition coefficient (Wildman–Crippen LogP) is 1.52. The lowest BCUT2D eigenvalue weighted by Crippen LogP contribution is -2.24. The predicted molar refractivity (Wildman–Crippen MR) is 90.1 cm³/mol. The van der Waals surface area contributed by atoms with Crippen molar-refractivity contribution in [2.75, 3.05) is 12.4 Å². The Hall–Kier alpha value is -3.22. The number of nitrogens with zero attached hydrogens (tertiary/aromatic N) is 3. The fourth-order valence-corrected chi connectivity index (χ4v) is 2.44. The number of aromatic nitrogens is 3. The first-order valence-corrected chi connectivity index (χ1v) is 7.33. The average Bonchev–Trinajstić information content (AvgIpc) is 2.60. The molecule has 0 aliphatic rings. The van der Waals surface area contributed by atoms with Crippen LogP contribution in [0.25, 0.3) is 10.8 Å². The normalized spacial score (nSPS) is 10.6. The topological polar surface area (TPSA) is 86.1 Å². The summed E-state index contributed by atoms with van der Waals surface area (Å²) in [6.07, 6.45) is 1.57. The molecule has 0 aliphatic heterocycles. The van der Waals surface area contributed by atoms with Gasteiger partial charge in [-0.2, -0.15) is 5.10 Å². The summed E-state index contributed by atoms with van der Waals surface area (Å²) >= 11 is 0. The Morgan fingerprint density at radius 1 is 1.21 bits per heavy atom. The zero-order chi connectivity index (χ0) is 17.1. The molecule has 0 saturated carbocycles. The van der Waals surface area contributed by atoms with Crippen LogP contribution in [0.3, 0.4) is 0 Å². The van der Waals surface area contributed by atoms with Crippen LogP contribution in [0, 0.1) is 0 Å². The Bertz CT molecular complexity index is 948. The van der Waals surface area contributed by atoms with Crippen LogP contribution in [-0.4, -0.2) is 27.8 Å². The van der Waals surface area contributed by atoms with Crippen molar-refractivity contribution >= 4 is 22.4 Å². The molecule has 0 bridgehead atoms. The summed E-state index contributed by atoms with van der Waals surface area (Å²) in [5.41, 5.74) is 0.927. The van der Waals surface area contributed by atoms with Gasteiger partial charge >= 0.3 is 0 Å². The van der Waals surface area contributed by atoms with Gasteiger partial charge in [0.15, 0.2) is 0 Å². The SMILES string of the molecule is COc1ccc(NC(=O)Cc2nn(C)c(=O)c3ccccc23)cn1. The first-order valence-electron chi connectivity index (χ1n) is 7.33. The molecule has 122 valence electrons.